The van der Waals surface area contributed by atoms with E-state index in [1.54, 1.807) is 13.0 Å². The van der Waals surface area contributed by atoms with Gasteiger partial charge < -0.3 is 4.74 Å². The molecule has 0 fully saturated rings. The molecule has 12 heavy (non-hydrogen) atoms. The smallest absolute Gasteiger partial charge is 0.330 e. The van der Waals surface area contributed by atoms with Gasteiger partial charge in [0.05, 0.1) is 6.61 Å². The average Bonchev–Trinajstić information content (AvgIpc) is 2.02. The highest BCUT2D eigenvalue weighted by Gasteiger charge is 1.91. The van der Waals surface area contributed by atoms with Gasteiger partial charge in [-0.25, -0.2) is 4.79 Å². The molecular weight excluding hydrogens is 152 g/mol. The molecule has 0 amide bonds. The summed E-state index contributed by atoms with van der Waals surface area (Å²) < 4.78 is 4.72. The number of esters is 1. The summed E-state index contributed by atoms with van der Waals surface area (Å²) in [7, 11) is 0. The number of hydrogen-bond acceptors (Lipinski definition) is 2. The average molecular weight is 168 g/mol. The highest BCUT2D eigenvalue weighted by Crippen LogP contribution is 1.96. The molecule has 0 aromatic heterocycles. The van der Waals surface area contributed by atoms with Crippen molar-refractivity contribution in [3.63, 3.8) is 0 Å². The molecule has 0 aliphatic heterocycles. The zero-order chi connectivity index (χ0) is 9.40. The first kappa shape index (κ1) is 11.0. The molecule has 0 rings (SSSR count). The molecule has 0 atom stereocenters. The zero-order valence-electron chi connectivity index (χ0n) is 7.96. The second-order valence-electron chi connectivity index (χ2n) is 2.44. The van der Waals surface area contributed by atoms with Gasteiger partial charge >= 0.3 is 5.97 Å². The van der Waals surface area contributed by atoms with Crippen LogP contribution in [0.5, 0.6) is 0 Å². The third kappa shape index (κ3) is 5.71. The van der Waals surface area contributed by atoms with Crippen molar-refractivity contribution in [2.45, 2.75) is 27.2 Å². The Balaban J connectivity index is 3.89. The summed E-state index contributed by atoms with van der Waals surface area (Å²) >= 11 is 0. The normalized spacial score (nSPS) is 12.1. The minimum atomic E-state index is -0.277. The summed E-state index contributed by atoms with van der Waals surface area (Å²) in [4.78, 5) is 10.8. The summed E-state index contributed by atoms with van der Waals surface area (Å²) in [5, 5.41) is 0. The predicted octanol–water partition coefficient (Wildman–Crippen LogP) is 2.46. The number of ether oxygens (including phenoxy) is 1. The van der Waals surface area contributed by atoms with Crippen molar-refractivity contribution in [1.29, 1.82) is 0 Å². The van der Waals surface area contributed by atoms with E-state index in [2.05, 4.69) is 13.0 Å². The maximum atomic E-state index is 10.8. The fraction of sp³-hybridized carbons (Fsp3) is 0.500. The largest absolute Gasteiger partial charge is 0.463 e. The lowest BCUT2D eigenvalue weighted by Crippen LogP contribution is -1.98. The zero-order valence-corrected chi connectivity index (χ0v) is 7.96. The molecule has 0 bridgehead atoms. The van der Waals surface area contributed by atoms with E-state index in [-0.39, 0.29) is 5.97 Å². The number of allylic oxidation sites excluding steroid dienone is 3. The fourth-order valence-corrected chi connectivity index (χ4v) is 0.780. The maximum absolute atomic E-state index is 10.8. The molecule has 2 heteroatoms. The van der Waals surface area contributed by atoms with Crippen molar-refractivity contribution < 1.29 is 9.53 Å². The molecule has 0 aromatic rings. The van der Waals surface area contributed by atoms with Crippen molar-refractivity contribution in [1.82, 2.24) is 0 Å². The number of carbonyl (C=O) groups excluding carboxylic acids is 1. The Kier molecular flexibility index (Phi) is 6.07. The second kappa shape index (κ2) is 6.65. The Bertz CT molecular complexity index is 190. The van der Waals surface area contributed by atoms with Crippen LogP contribution in [0.2, 0.25) is 0 Å². The molecule has 0 spiro atoms. The van der Waals surface area contributed by atoms with Crippen LogP contribution < -0.4 is 0 Å². The molecule has 0 saturated heterocycles. The van der Waals surface area contributed by atoms with Gasteiger partial charge in [0.25, 0.3) is 0 Å². The number of hydrogen-bond donors (Lipinski definition) is 0. The first-order chi connectivity index (χ1) is 5.70. The van der Waals surface area contributed by atoms with Crippen LogP contribution in [-0.4, -0.2) is 12.6 Å². The summed E-state index contributed by atoms with van der Waals surface area (Å²) in [6, 6.07) is 0. The Morgan fingerprint density at radius 3 is 2.50 bits per heavy atom. The van der Waals surface area contributed by atoms with Gasteiger partial charge in [0, 0.05) is 6.08 Å². The van der Waals surface area contributed by atoms with Gasteiger partial charge in [-0.05, 0) is 20.3 Å². The number of carbonyl (C=O) groups is 1. The van der Waals surface area contributed by atoms with E-state index in [9.17, 15) is 4.79 Å². The highest BCUT2D eigenvalue weighted by atomic mass is 16.5. The molecule has 0 N–H and O–H groups in total. The van der Waals surface area contributed by atoms with Crippen molar-refractivity contribution in [2.75, 3.05) is 6.61 Å². The van der Waals surface area contributed by atoms with Gasteiger partial charge in [-0.3, -0.25) is 0 Å². The Labute approximate surface area is 73.9 Å². The Hall–Kier alpha value is -1.05. The second-order valence-corrected chi connectivity index (χ2v) is 2.44. The predicted molar refractivity (Wildman–Crippen MR) is 49.8 cm³/mol. The van der Waals surface area contributed by atoms with E-state index < -0.39 is 0 Å². The van der Waals surface area contributed by atoms with Crippen LogP contribution in [0.1, 0.15) is 27.2 Å². The van der Waals surface area contributed by atoms with Crippen LogP contribution in [0.15, 0.2) is 23.8 Å². The van der Waals surface area contributed by atoms with Crippen molar-refractivity contribution in [3.05, 3.63) is 23.8 Å². The van der Waals surface area contributed by atoms with E-state index in [0.29, 0.717) is 6.61 Å². The van der Waals surface area contributed by atoms with Crippen molar-refractivity contribution in [3.8, 4) is 0 Å². The Morgan fingerprint density at radius 2 is 2.00 bits per heavy atom. The van der Waals surface area contributed by atoms with Gasteiger partial charge in [-0.2, -0.15) is 0 Å². The standard InChI is InChI=1S/C10H16O2/c1-4-6-9(3)7-8-10(11)12-5-2/h6-8H,4-5H2,1-3H3/b8-7+,9-6+. The van der Waals surface area contributed by atoms with Gasteiger partial charge in [-0.1, -0.05) is 24.6 Å². The van der Waals surface area contributed by atoms with E-state index in [1.165, 1.54) is 6.08 Å². The van der Waals surface area contributed by atoms with E-state index >= 15 is 0 Å². The lowest BCUT2D eigenvalue weighted by Gasteiger charge is -1.94. The summed E-state index contributed by atoms with van der Waals surface area (Å²) in [5.74, 6) is -0.277. The van der Waals surface area contributed by atoms with E-state index in [0.717, 1.165) is 12.0 Å². The van der Waals surface area contributed by atoms with Crippen molar-refractivity contribution in [2.24, 2.45) is 0 Å². The molecule has 0 aliphatic rings. The minimum absolute atomic E-state index is 0.277. The number of rotatable bonds is 4. The molecule has 0 unspecified atom stereocenters. The van der Waals surface area contributed by atoms with Crippen molar-refractivity contribution >= 4 is 5.97 Å². The Morgan fingerprint density at radius 1 is 1.33 bits per heavy atom. The molecule has 0 radical (unpaired) electrons. The highest BCUT2D eigenvalue weighted by molar-refractivity contribution is 5.82. The van der Waals surface area contributed by atoms with E-state index in [1.807, 2.05) is 6.92 Å². The SMILES string of the molecule is CC/C=C(C)/C=C/C(=O)OCC. The summed E-state index contributed by atoms with van der Waals surface area (Å²) in [5.41, 5.74) is 1.09. The summed E-state index contributed by atoms with van der Waals surface area (Å²) in [6.45, 7) is 6.24. The third-order valence-corrected chi connectivity index (χ3v) is 1.30. The third-order valence-electron chi connectivity index (χ3n) is 1.30. The van der Waals surface area contributed by atoms with Crippen LogP contribution >= 0.6 is 0 Å². The van der Waals surface area contributed by atoms with Crippen LogP contribution in [-0.2, 0) is 9.53 Å². The van der Waals surface area contributed by atoms with Gasteiger partial charge in [0.15, 0.2) is 0 Å². The molecule has 0 heterocycles. The van der Waals surface area contributed by atoms with Crippen LogP contribution in [0.4, 0.5) is 0 Å². The fourth-order valence-electron chi connectivity index (χ4n) is 0.780. The summed E-state index contributed by atoms with van der Waals surface area (Å²) in [6.07, 6.45) is 6.25. The van der Waals surface area contributed by atoms with Gasteiger partial charge in [0.1, 0.15) is 0 Å². The minimum Gasteiger partial charge on any atom is -0.463 e. The first-order valence-corrected chi connectivity index (χ1v) is 4.22. The molecule has 2 nitrogen and oxygen atoms in total. The molecular formula is C10H16O2. The van der Waals surface area contributed by atoms with Gasteiger partial charge in [0.2, 0.25) is 0 Å². The maximum Gasteiger partial charge on any atom is 0.330 e. The molecule has 0 aromatic carbocycles. The lowest BCUT2D eigenvalue weighted by molar-refractivity contribution is -0.137. The van der Waals surface area contributed by atoms with Gasteiger partial charge in [-0.15, -0.1) is 0 Å². The van der Waals surface area contributed by atoms with Crippen LogP contribution in [0, 0.1) is 0 Å². The lowest BCUT2D eigenvalue weighted by atomic mass is 10.2. The first-order valence-electron chi connectivity index (χ1n) is 4.22. The van der Waals surface area contributed by atoms with Crippen LogP contribution in [0.3, 0.4) is 0 Å². The van der Waals surface area contributed by atoms with Crippen LogP contribution in [0.25, 0.3) is 0 Å². The van der Waals surface area contributed by atoms with E-state index in [4.69, 9.17) is 4.74 Å². The molecule has 0 aliphatic carbocycles. The molecule has 0 saturated carbocycles. The monoisotopic (exact) mass is 168 g/mol. The molecule has 68 valence electrons. The topological polar surface area (TPSA) is 26.3 Å². The quantitative estimate of drug-likeness (QED) is 0.366.